The molecule has 6 nitrogen and oxygen atoms in total. The largest absolute Gasteiger partial charge is 0.508 e. The Kier molecular flexibility index (Phi) is 4.53. The Labute approximate surface area is 146 Å². The highest BCUT2D eigenvalue weighted by Gasteiger charge is 2.35. The molecular formula is C17H13F3N4O2. The van der Waals surface area contributed by atoms with Crippen LogP contribution in [0, 0.1) is 0 Å². The first kappa shape index (κ1) is 17.3. The topological polar surface area (TPSA) is 90.3 Å². The number of nitrogens with one attached hydrogen (secondary N) is 2. The molecule has 0 radical (unpaired) electrons. The van der Waals surface area contributed by atoms with Crippen molar-refractivity contribution in [3.63, 3.8) is 0 Å². The van der Waals surface area contributed by atoms with Crippen molar-refractivity contribution in [2.45, 2.75) is 6.18 Å². The van der Waals surface area contributed by atoms with Gasteiger partial charge in [0.25, 0.3) is 0 Å². The third kappa shape index (κ3) is 4.12. The van der Waals surface area contributed by atoms with Gasteiger partial charge in [-0.2, -0.15) is 18.2 Å². The standard InChI is InChI=1S/C17H13F3N4O2/c18-17(19,20)14-9-21-16(23-11-4-2-6-13(26)8-11)24-15(14)22-10-3-1-5-12(25)7-10/h1-9,25-26H,(H2,21,22,23,24). The van der Waals surface area contributed by atoms with Crippen LogP contribution in [0.5, 0.6) is 11.5 Å². The zero-order valence-electron chi connectivity index (χ0n) is 13.1. The van der Waals surface area contributed by atoms with Gasteiger partial charge in [-0.15, -0.1) is 0 Å². The molecule has 0 amide bonds. The van der Waals surface area contributed by atoms with Gasteiger partial charge in [0.2, 0.25) is 5.95 Å². The van der Waals surface area contributed by atoms with Gasteiger partial charge in [-0.3, -0.25) is 0 Å². The summed E-state index contributed by atoms with van der Waals surface area (Å²) in [5.74, 6) is -0.678. The van der Waals surface area contributed by atoms with Crippen LogP contribution in [0.1, 0.15) is 5.56 Å². The predicted molar refractivity (Wildman–Crippen MR) is 89.8 cm³/mol. The summed E-state index contributed by atoms with van der Waals surface area (Å²) in [4.78, 5) is 7.55. The number of anilines is 4. The number of halogens is 3. The van der Waals surface area contributed by atoms with Crippen molar-refractivity contribution in [2.24, 2.45) is 0 Å². The van der Waals surface area contributed by atoms with Crippen LogP contribution in [0.3, 0.4) is 0 Å². The van der Waals surface area contributed by atoms with Gasteiger partial charge >= 0.3 is 6.18 Å². The molecule has 26 heavy (non-hydrogen) atoms. The van der Waals surface area contributed by atoms with E-state index in [2.05, 4.69) is 20.6 Å². The Morgan fingerprint density at radius 2 is 1.42 bits per heavy atom. The van der Waals surface area contributed by atoms with Crippen molar-refractivity contribution in [3.05, 3.63) is 60.3 Å². The highest BCUT2D eigenvalue weighted by Crippen LogP contribution is 2.35. The molecule has 0 bridgehead atoms. The molecule has 1 heterocycles. The molecule has 0 saturated carbocycles. The third-order valence-corrected chi connectivity index (χ3v) is 3.31. The monoisotopic (exact) mass is 362 g/mol. The smallest absolute Gasteiger partial charge is 0.421 e. The van der Waals surface area contributed by atoms with Gasteiger partial charge in [0.15, 0.2) is 0 Å². The normalized spacial score (nSPS) is 11.2. The SMILES string of the molecule is Oc1cccc(Nc2ncc(C(F)(F)F)c(Nc3cccc(O)c3)n2)c1. The molecule has 134 valence electrons. The van der Waals surface area contributed by atoms with E-state index in [0.29, 0.717) is 11.9 Å². The number of aromatic nitrogens is 2. The number of phenols is 2. The summed E-state index contributed by atoms with van der Waals surface area (Å²) < 4.78 is 39.7. The third-order valence-electron chi connectivity index (χ3n) is 3.31. The summed E-state index contributed by atoms with van der Waals surface area (Å²) in [7, 11) is 0. The lowest BCUT2D eigenvalue weighted by atomic mass is 10.2. The molecule has 0 spiro atoms. The number of hydrogen-bond donors (Lipinski definition) is 4. The van der Waals surface area contributed by atoms with E-state index in [9.17, 15) is 23.4 Å². The second kappa shape index (κ2) is 6.79. The highest BCUT2D eigenvalue weighted by atomic mass is 19.4. The average Bonchev–Trinajstić information content (AvgIpc) is 2.54. The molecule has 0 aliphatic carbocycles. The summed E-state index contributed by atoms with van der Waals surface area (Å²) in [6, 6.07) is 11.6. The van der Waals surface area contributed by atoms with Gasteiger partial charge in [-0.1, -0.05) is 12.1 Å². The van der Waals surface area contributed by atoms with Crippen LogP contribution in [0.4, 0.5) is 36.3 Å². The fourth-order valence-corrected chi connectivity index (χ4v) is 2.18. The summed E-state index contributed by atoms with van der Waals surface area (Å²) >= 11 is 0. The van der Waals surface area contributed by atoms with E-state index in [0.717, 1.165) is 0 Å². The number of alkyl halides is 3. The van der Waals surface area contributed by atoms with Crippen LogP contribution in [-0.4, -0.2) is 20.2 Å². The molecule has 3 rings (SSSR count). The summed E-state index contributed by atoms with van der Waals surface area (Å²) in [5.41, 5.74) is -0.409. The molecule has 0 aliphatic rings. The highest BCUT2D eigenvalue weighted by molar-refractivity contribution is 5.64. The summed E-state index contributed by atoms with van der Waals surface area (Å²) in [6.07, 6.45) is -4.01. The lowest BCUT2D eigenvalue weighted by Gasteiger charge is -2.15. The average molecular weight is 362 g/mol. The maximum absolute atomic E-state index is 13.2. The van der Waals surface area contributed by atoms with Gasteiger partial charge in [-0.25, -0.2) is 4.98 Å². The molecule has 0 fully saturated rings. The van der Waals surface area contributed by atoms with Gasteiger partial charge < -0.3 is 20.8 Å². The van der Waals surface area contributed by atoms with Crippen molar-refractivity contribution in [2.75, 3.05) is 10.6 Å². The van der Waals surface area contributed by atoms with Crippen LogP contribution in [0.2, 0.25) is 0 Å². The van der Waals surface area contributed by atoms with Crippen LogP contribution in [0.25, 0.3) is 0 Å². The van der Waals surface area contributed by atoms with E-state index in [1.54, 1.807) is 12.1 Å². The minimum absolute atomic E-state index is 0.0139. The van der Waals surface area contributed by atoms with Crippen molar-refractivity contribution >= 4 is 23.1 Å². The van der Waals surface area contributed by atoms with Gasteiger partial charge in [0, 0.05) is 29.7 Å². The molecule has 3 aromatic rings. The minimum atomic E-state index is -4.66. The Morgan fingerprint density at radius 3 is 1.96 bits per heavy atom. The molecule has 0 saturated heterocycles. The molecule has 0 unspecified atom stereocenters. The summed E-state index contributed by atoms with van der Waals surface area (Å²) in [5, 5.41) is 24.2. The lowest BCUT2D eigenvalue weighted by Crippen LogP contribution is -2.12. The Morgan fingerprint density at radius 1 is 0.846 bits per heavy atom. The summed E-state index contributed by atoms with van der Waals surface area (Å²) in [6.45, 7) is 0. The maximum atomic E-state index is 13.2. The fourth-order valence-electron chi connectivity index (χ4n) is 2.18. The Hall–Kier alpha value is -3.49. The van der Waals surface area contributed by atoms with Crippen molar-refractivity contribution < 1.29 is 23.4 Å². The molecule has 1 aromatic heterocycles. The number of nitrogens with zero attached hydrogens (tertiary/aromatic N) is 2. The number of aromatic hydroxyl groups is 2. The van der Waals surface area contributed by atoms with Crippen molar-refractivity contribution in [1.82, 2.24) is 9.97 Å². The van der Waals surface area contributed by atoms with E-state index in [-0.39, 0.29) is 23.1 Å². The fraction of sp³-hybridized carbons (Fsp3) is 0.0588. The Bertz CT molecular complexity index is 932. The first-order valence-corrected chi connectivity index (χ1v) is 7.37. The number of hydrogen-bond acceptors (Lipinski definition) is 6. The second-order valence-electron chi connectivity index (χ2n) is 5.30. The predicted octanol–water partition coefficient (Wildman–Crippen LogP) is 4.39. The van der Waals surface area contributed by atoms with E-state index in [1.807, 2.05) is 0 Å². The maximum Gasteiger partial charge on any atom is 0.421 e. The van der Waals surface area contributed by atoms with Crippen LogP contribution in [0.15, 0.2) is 54.7 Å². The van der Waals surface area contributed by atoms with Crippen LogP contribution in [-0.2, 0) is 6.18 Å². The van der Waals surface area contributed by atoms with Gasteiger partial charge in [0.05, 0.1) is 0 Å². The molecule has 0 aliphatic heterocycles. The van der Waals surface area contributed by atoms with Gasteiger partial charge in [0.1, 0.15) is 22.9 Å². The Balaban J connectivity index is 1.96. The molecule has 2 aromatic carbocycles. The van der Waals surface area contributed by atoms with E-state index in [4.69, 9.17) is 0 Å². The van der Waals surface area contributed by atoms with Crippen molar-refractivity contribution in [3.8, 4) is 11.5 Å². The zero-order chi connectivity index (χ0) is 18.7. The quantitative estimate of drug-likeness (QED) is 0.550. The van der Waals surface area contributed by atoms with E-state index >= 15 is 0 Å². The second-order valence-corrected chi connectivity index (χ2v) is 5.30. The van der Waals surface area contributed by atoms with Gasteiger partial charge in [-0.05, 0) is 24.3 Å². The lowest BCUT2D eigenvalue weighted by molar-refractivity contribution is -0.137. The number of rotatable bonds is 4. The first-order chi connectivity index (χ1) is 12.3. The van der Waals surface area contributed by atoms with E-state index < -0.39 is 17.6 Å². The van der Waals surface area contributed by atoms with Crippen molar-refractivity contribution in [1.29, 1.82) is 0 Å². The number of phenolic OH excluding ortho intramolecular Hbond substituents is 2. The minimum Gasteiger partial charge on any atom is -0.508 e. The number of benzene rings is 2. The van der Waals surface area contributed by atoms with Crippen LogP contribution >= 0.6 is 0 Å². The molecule has 9 heteroatoms. The molecular weight excluding hydrogens is 349 g/mol. The van der Waals surface area contributed by atoms with E-state index in [1.165, 1.54) is 36.4 Å². The molecule has 0 atom stereocenters. The zero-order valence-corrected chi connectivity index (χ0v) is 13.1. The first-order valence-electron chi connectivity index (χ1n) is 7.37. The van der Waals surface area contributed by atoms with Crippen LogP contribution < -0.4 is 10.6 Å². The molecule has 4 N–H and O–H groups in total.